The molecular weight excluding hydrogens is 425 g/mol. The standard InChI is InChI=1S/C26H52Si4/c1-27(2)23-17-19-13-9-11-15-21(19)25(23)30(7,8)28(3,4)24-18-20-14-10-12-16-22(20)26(24)29(27,5)6/h19-26H,9-18H2,1-8H3. The highest BCUT2D eigenvalue weighted by atomic mass is 29.3. The van der Waals surface area contributed by atoms with Crippen LogP contribution in [0, 0.1) is 23.7 Å². The molecule has 30 heavy (non-hydrogen) atoms. The number of hydrogen-bond acceptors (Lipinski definition) is 0. The Balaban J connectivity index is 1.67. The van der Waals surface area contributed by atoms with Crippen LogP contribution in [0.1, 0.15) is 64.2 Å². The molecule has 5 aliphatic rings. The lowest BCUT2D eigenvalue weighted by atomic mass is 9.82. The van der Waals surface area contributed by atoms with Crippen molar-refractivity contribution in [1.29, 1.82) is 0 Å². The van der Waals surface area contributed by atoms with Crippen LogP contribution in [0.5, 0.6) is 0 Å². The van der Waals surface area contributed by atoms with Crippen LogP contribution in [0.15, 0.2) is 0 Å². The zero-order valence-corrected chi connectivity index (χ0v) is 25.7. The lowest BCUT2D eigenvalue weighted by Gasteiger charge is -2.62. The Hall–Kier alpha value is 0.868. The predicted octanol–water partition coefficient (Wildman–Crippen LogP) is 8.89. The van der Waals surface area contributed by atoms with E-state index in [1.54, 1.807) is 64.2 Å². The van der Waals surface area contributed by atoms with Gasteiger partial charge in [-0.25, -0.2) is 0 Å². The molecular formula is C26H52Si4. The van der Waals surface area contributed by atoms with Crippen LogP contribution >= 0.6 is 0 Å². The van der Waals surface area contributed by atoms with Crippen molar-refractivity contribution < 1.29 is 0 Å². The van der Waals surface area contributed by atoms with E-state index >= 15 is 0 Å². The molecule has 5 fully saturated rings. The van der Waals surface area contributed by atoms with Gasteiger partial charge in [-0.15, -0.1) is 0 Å². The van der Waals surface area contributed by atoms with Crippen LogP contribution in [-0.2, 0) is 0 Å². The van der Waals surface area contributed by atoms with Crippen LogP contribution in [0.4, 0.5) is 0 Å². The highest BCUT2D eigenvalue weighted by Gasteiger charge is 2.70. The van der Waals surface area contributed by atoms with Crippen molar-refractivity contribution in [2.24, 2.45) is 23.7 Å². The van der Waals surface area contributed by atoms with Crippen molar-refractivity contribution in [3.8, 4) is 0 Å². The Kier molecular flexibility index (Phi) is 5.42. The summed E-state index contributed by atoms with van der Waals surface area (Å²) in [6, 6.07) is 0. The second kappa shape index (κ2) is 7.18. The van der Waals surface area contributed by atoms with E-state index in [-0.39, 0.29) is 0 Å². The summed E-state index contributed by atoms with van der Waals surface area (Å²) < 4.78 is 0. The number of rotatable bonds is 0. The third-order valence-corrected chi connectivity index (χ3v) is 55.0. The van der Waals surface area contributed by atoms with Gasteiger partial charge in [0.25, 0.3) is 0 Å². The highest BCUT2D eigenvalue weighted by molar-refractivity contribution is 7.46. The van der Waals surface area contributed by atoms with Gasteiger partial charge in [0, 0.05) is 30.4 Å². The van der Waals surface area contributed by atoms with Crippen LogP contribution in [0.25, 0.3) is 0 Å². The van der Waals surface area contributed by atoms with Crippen molar-refractivity contribution in [2.75, 3.05) is 0 Å². The molecule has 4 saturated carbocycles. The summed E-state index contributed by atoms with van der Waals surface area (Å²) in [4.78, 5) is 0. The summed E-state index contributed by atoms with van der Waals surface area (Å²) in [6.45, 7) is 23.8. The zero-order chi connectivity index (χ0) is 21.7. The van der Waals surface area contributed by atoms with Crippen LogP contribution in [0.2, 0.25) is 74.5 Å². The second-order valence-electron chi connectivity index (χ2n) is 15.0. The van der Waals surface area contributed by atoms with Gasteiger partial charge in [0.1, 0.15) is 0 Å². The molecule has 0 spiro atoms. The van der Waals surface area contributed by atoms with E-state index in [0.717, 1.165) is 23.7 Å². The van der Waals surface area contributed by atoms with Crippen LogP contribution < -0.4 is 0 Å². The molecule has 1 aliphatic heterocycles. The molecule has 0 aromatic carbocycles. The normalized spacial score (nSPS) is 50.4. The van der Waals surface area contributed by atoms with Gasteiger partial charge in [-0.1, -0.05) is 104 Å². The smallest absolute Gasteiger partial charge is 0.0448 e. The van der Waals surface area contributed by atoms with Gasteiger partial charge in [-0.2, -0.15) is 0 Å². The van der Waals surface area contributed by atoms with Crippen LogP contribution in [-0.4, -0.2) is 30.4 Å². The fraction of sp³-hybridized carbons (Fsp3) is 1.00. The van der Waals surface area contributed by atoms with Crippen molar-refractivity contribution in [2.45, 2.75) is 139 Å². The lowest BCUT2D eigenvalue weighted by Crippen LogP contribution is -2.71. The molecule has 0 bridgehead atoms. The minimum Gasteiger partial charge on any atom is -0.0711 e. The lowest BCUT2D eigenvalue weighted by molar-refractivity contribution is 0.275. The summed E-state index contributed by atoms with van der Waals surface area (Å²) >= 11 is 0. The fourth-order valence-corrected chi connectivity index (χ4v) is 46.1. The zero-order valence-electron chi connectivity index (χ0n) is 21.7. The molecule has 0 aromatic rings. The van der Waals surface area contributed by atoms with Gasteiger partial charge in [-0.05, 0) is 58.7 Å². The molecule has 4 heteroatoms. The third-order valence-electron chi connectivity index (χ3n) is 13.7. The first kappa shape index (κ1) is 22.6. The number of fused-ring (bicyclic) bond motifs is 6. The minimum absolute atomic E-state index is 1.14. The van der Waals surface area contributed by atoms with Gasteiger partial charge in [-0.3, -0.25) is 0 Å². The number of hydrogen-bond donors (Lipinski definition) is 0. The summed E-state index contributed by atoms with van der Waals surface area (Å²) in [5, 5.41) is 0. The molecule has 0 radical (unpaired) electrons. The van der Waals surface area contributed by atoms with E-state index in [2.05, 4.69) is 52.4 Å². The SMILES string of the molecule is C[Si]1(C)C2CC3CCCCC3C2[Si](C)(C)[Si](C)(C)C2CC3CCCCC3C2[Si]1(C)C. The van der Waals surface area contributed by atoms with E-state index in [9.17, 15) is 0 Å². The van der Waals surface area contributed by atoms with Crippen molar-refractivity contribution >= 4 is 30.4 Å². The molecule has 5 rings (SSSR count). The Morgan fingerprint density at radius 2 is 0.767 bits per heavy atom. The molecule has 1 heterocycles. The molecule has 172 valence electrons. The van der Waals surface area contributed by atoms with E-state index < -0.39 is 30.4 Å². The second-order valence-corrected chi connectivity index (χ2v) is 47.1. The first-order chi connectivity index (χ1) is 13.9. The van der Waals surface area contributed by atoms with Gasteiger partial charge in [0.05, 0.1) is 0 Å². The fourth-order valence-electron chi connectivity index (χ4n) is 10.9. The molecule has 1 saturated heterocycles. The summed E-state index contributed by atoms with van der Waals surface area (Å²) in [7, 11) is -4.96. The van der Waals surface area contributed by atoms with Crippen molar-refractivity contribution in [3.05, 3.63) is 0 Å². The molecule has 8 atom stereocenters. The largest absolute Gasteiger partial charge is 0.0711 e. The van der Waals surface area contributed by atoms with E-state index in [0.29, 0.717) is 0 Å². The maximum atomic E-state index is 2.98. The molecule has 0 aromatic heterocycles. The third kappa shape index (κ3) is 2.84. The van der Waals surface area contributed by atoms with Crippen molar-refractivity contribution in [1.82, 2.24) is 0 Å². The topological polar surface area (TPSA) is 0 Å². The monoisotopic (exact) mass is 476 g/mol. The molecule has 8 unspecified atom stereocenters. The minimum atomic E-state index is -1.24. The van der Waals surface area contributed by atoms with Gasteiger partial charge in [0.2, 0.25) is 0 Å². The van der Waals surface area contributed by atoms with E-state index in [4.69, 9.17) is 0 Å². The average molecular weight is 477 g/mol. The Labute approximate surface area is 192 Å². The molecule has 0 N–H and O–H groups in total. The summed E-state index contributed by atoms with van der Waals surface area (Å²) in [5.41, 5.74) is 4.87. The summed E-state index contributed by atoms with van der Waals surface area (Å²) in [6.07, 6.45) is 16.1. The quantitative estimate of drug-likeness (QED) is 0.306. The maximum Gasteiger partial charge on any atom is 0.0448 e. The maximum absolute atomic E-state index is 2.98. The van der Waals surface area contributed by atoms with E-state index in [1.807, 2.05) is 0 Å². The summed E-state index contributed by atoms with van der Waals surface area (Å²) in [5.74, 6) is 4.60. The van der Waals surface area contributed by atoms with Crippen molar-refractivity contribution in [3.63, 3.8) is 0 Å². The van der Waals surface area contributed by atoms with Gasteiger partial charge < -0.3 is 0 Å². The Bertz CT molecular complexity index is 623. The predicted molar refractivity (Wildman–Crippen MR) is 145 cm³/mol. The molecule has 0 amide bonds. The van der Waals surface area contributed by atoms with E-state index in [1.165, 1.54) is 22.2 Å². The molecule has 4 aliphatic carbocycles. The van der Waals surface area contributed by atoms with Crippen LogP contribution in [0.3, 0.4) is 0 Å². The average Bonchev–Trinajstić information content (AvgIpc) is 3.27. The van der Waals surface area contributed by atoms with Gasteiger partial charge in [0.15, 0.2) is 0 Å². The first-order valence-corrected chi connectivity index (χ1v) is 28.2. The van der Waals surface area contributed by atoms with Gasteiger partial charge >= 0.3 is 0 Å². The Morgan fingerprint density at radius 1 is 0.433 bits per heavy atom. The first-order valence-electron chi connectivity index (χ1n) is 13.9. The highest BCUT2D eigenvalue weighted by Crippen LogP contribution is 2.72. The molecule has 0 nitrogen and oxygen atoms in total. The Morgan fingerprint density at radius 3 is 1.13 bits per heavy atom.